The monoisotopic (exact) mass is 226 g/mol. The fourth-order valence-corrected chi connectivity index (χ4v) is 1.18. The van der Waals surface area contributed by atoms with Crippen molar-refractivity contribution in [2.24, 2.45) is 0 Å². The van der Waals surface area contributed by atoms with Gasteiger partial charge in [-0.25, -0.2) is 0 Å². The number of hydrogen-bond donors (Lipinski definition) is 2. The van der Waals surface area contributed by atoms with E-state index in [1.165, 1.54) is 19.2 Å². The molecule has 0 heterocycles. The highest BCUT2D eigenvalue weighted by Crippen LogP contribution is 2.26. The van der Waals surface area contributed by atoms with Crippen molar-refractivity contribution < 1.29 is 19.7 Å². The minimum absolute atomic E-state index is 0.0950. The third-order valence-corrected chi connectivity index (χ3v) is 2.08. The van der Waals surface area contributed by atoms with Crippen LogP contribution in [0.1, 0.15) is 20.3 Å². The number of hydrogen-bond acceptors (Lipinski definition) is 4. The van der Waals surface area contributed by atoms with Crippen LogP contribution >= 0.6 is 0 Å². The molecule has 16 heavy (non-hydrogen) atoms. The lowest BCUT2D eigenvalue weighted by atomic mass is 10.1. The van der Waals surface area contributed by atoms with E-state index >= 15 is 0 Å². The van der Waals surface area contributed by atoms with E-state index in [0.29, 0.717) is 24.5 Å². The zero-order valence-corrected chi connectivity index (χ0v) is 9.86. The topological polar surface area (TPSA) is 58.9 Å². The number of phenolic OH excluding ortho intramolecular Hbond substituents is 1. The normalized spacial score (nSPS) is 11.2. The number of aromatic hydroxyl groups is 1. The lowest BCUT2D eigenvalue weighted by Crippen LogP contribution is -2.21. The third kappa shape index (κ3) is 4.40. The molecule has 2 N–H and O–H groups in total. The maximum atomic E-state index is 9.50. The van der Waals surface area contributed by atoms with Gasteiger partial charge in [0.1, 0.15) is 17.2 Å². The van der Waals surface area contributed by atoms with Crippen LogP contribution in [0.5, 0.6) is 17.2 Å². The Hall–Kier alpha value is -1.42. The molecule has 0 amide bonds. The number of phenols is 1. The van der Waals surface area contributed by atoms with Crippen molar-refractivity contribution in [1.82, 2.24) is 0 Å². The minimum atomic E-state index is -0.749. The van der Waals surface area contributed by atoms with Crippen LogP contribution in [0.3, 0.4) is 0 Å². The van der Waals surface area contributed by atoms with Gasteiger partial charge in [-0.05, 0) is 13.8 Å². The lowest BCUT2D eigenvalue weighted by Gasteiger charge is -2.17. The van der Waals surface area contributed by atoms with Crippen LogP contribution in [-0.4, -0.2) is 29.5 Å². The van der Waals surface area contributed by atoms with Crippen LogP contribution in [0.25, 0.3) is 0 Å². The predicted molar refractivity (Wildman–Crippen MR) is 61.1 cm³/mol. The van der Waals surface area contributed by atoms with Crippen LogP contribution < -0.4 is 9.47 Å². The lowest BCUT2D eigenvalue weighted by molar-refractivity contribution is 0.0553. The fourth-order valence-electron chi connectivity index (χ4n) is 1.18. The van der Waals surface area contributed by atoms with Crippen molar-refractivity contribution in [2.45, 2.75) is 25.9 Å². The molecular formula is C12H18O4. The Morgan fingerprint density at radius 1 is 1.19 bits per heavy atom. The maximum Gasteiger partial charge on any atom is 0.126 e. The summed E-state index contributed by atoms with van der Waals surface area (Å²) in [6, 6.07) is 4.69. The van der Waals surface area contributed by atoms with E-state index in [1.54, 1.807) is 19.9 Å². The van der Waals surface area contributed by atoms with Crippen molar-refractivity contribution in [3.8, 4) is 17.2 Å². The highest BCUT2D eigenvalue weighted by molar-refractivity contribution is 5.41. The van der Waals surface area contributed by atoms with Gasteiger partial charge in [0, 0.05) is 24.6 Å². The molecule has 0 atom stereocenters. The smallest absolute Gasteiger partial charge is 0.126 e. The Bertz CT molecular complexity index is 341. The summed E-state index contributed by atoms with van der Waals surface area (Å²) in [5, 5.41) is 18.9. The molecule has 0 unspecified atom stereocenters. The molecular weight excluding hydrogens is 208 g/mol. The second kappa shape index (κ2) is 5.07. The van der Waals surface area contributed by atoms with Gasteiger partial charge in [-0.2, -0.15) is 0 Å². The second-order valence-electron chi connectivity index (χ2n) is 4.28. The summed E-state index contributed by atoms with van der Waals surface area (Å²) in [6.45, 7) is 3.83. The molecule has 0 aliphatic rings. The van der Waals surface area contributed by atoms with E-state index in [4.69, 9.17) is 9.47 Å². The Labute approximate surface area is 95.4 Å². The fraction of sp³-hybridized carbons (Fsp3) is 0.500. The summed E-state index contributed by atoms with van der Waals surface area (Å²) in [4.78, 5) is 0. The van der Waals surface area contributed by atoms with Gasteiger partial charge in [0.15, 0.2) is 0 Å². The molecule has 0 fully saturated rings. The molecule has 0 bridgehead atoms. The summed E-state index contributed by atoms with van der Waals surface area (Å²) < 4.78 is 10.4. The average Bonchev–Trinajstić information content (AvgIpc) is 2.14. The summed E-state index contributed by atoms with van der Waals surface area (Å²) in [6.07, 6.45) is 0.519. The van der Waals surface area contributed by atoms with Crippen molar-refractivity contribution >= 4 is 0 Å². The molecule has 4 nitrogen and oxygen atoms in total. The Balaban J connectivity index is 2.57. The number of rotatable bonds is 5. The Kier molecular flexibility index (Phi) is 4.01. The zero-order chi connectivity index (χ0) is 12.2. The summed E-state index contributed by atoms with van der Waals surface area (Å²) in [5.41, 5.74) is -0.749. The molecule has 0 saturated carbocycles. The van der Waals surface area contributed by atoms with Crippen molar-refractivity contribution in [1.29, 1.82) is 0 Å². The third-order valence-electron chi connectivity index (χ3n) is 2.08. The van der Waals surface area contributed by atoms with E-state index in [9.17, 15) is 10.2 Å². The summed E-state index contributed by atoms with van der Waals surface area (Å²) >= 11 is 0. The van der Waals surface area contributed by atoms with Gasteiger partial charge in [0.2, 0.25) is 0 Å². The SMILES string of the molecule is COc1cc(O)cc(OCCC(C)(C)O)c1. The van der Waals surface area contributed by atoms with Crippen molar-refractivity contribution in [3.05, 3.63) is 18.2 Å². The first-order valence-corrected chi connectivity index (χ1v) is 5.14. The van der Waals surface area contributed by atoms with Crippen LogP contribution in [0.4, 0.5) is 0 Å². The van der Waals surface area contributed by atoms with Gasteiger partial charge < -0.3 is 19.7 Å². The molecule has 0 saturated heterocycles. The molecule has 1 aromatic carbocycles. The first-order valence-electron chi connectivity index (χ1n) is 5.14. The van der Waals surface area contributed by atoms with Gasteiger partial charge in [-0.3, -0.25) is 0 Å². The summed E-state index contributed by atoms with van der Waals surface area (Å²) in [5.74, 6) is 1.16. The zero-order valence-electron chi connectivity index (χ0n) is 9.86. The number of methoxy groups -OCH3 is 1. The highest BCUT2D eigenvalue weighted by atomic mass is 16.5. The Morgan fingerprint density at radius 3 is 2.38 bits per heavy atom. The quantitative estimate of drug-likeness (QED) is 0.805. The second-order valence-corrected chi connectivity index (χ2v) is 4.28. The molecule has 1 aromatic rings. The van der Waals surface area contributed by atoms with E-state index in [2.05, 4.69) is 0 Å². The average molecular weight is 226 g/mol. The molecule has 90 valence electrons. The van der Waals surface area contributed by atoms with Gasteiger partial charge in [0.05, 0.1) is 19.3 Å². The van der Waals surface area contributed by atoms with E-state index < -0.39 is 5.60 Å². The van der Waals surface area contributed by atoms with Crippen LogP contribution in [0, 0.1) is 0 Å². The van der Waals surface area contributed by atoms with Gasteiger partial charge >= 0.3 is 0 Å². The molecule has 0 aliphatic heterocycles. The molecule has 0 spiro atoms. The molecule has 0 radical (unpaired) electrons. The largest absolute Gasteiger partial charge is 0.508 e. The van der Waals surface area contributed by atoms with Crippen molar-refractivity contribution in [3.63, 3.8) is 0 Å². The van der Waals surface area contributed by atoms with Gasteiger partial charge in [-0.15, -0.1) is 0 Å². The van der Waals surface area contributed by atoms with Crippen molar-refractivity contribution in [2.75, 3.05) is 13.7 Å². The van der Waals surface area contributed by atoms with E-state index in [0.717, 1.165) is 0 Å². The number of ether oxygens (including phenoxy) is 2. The van der Waals surface area contributed by atoms with Crippen LogP contribution in [-0.2, 0) is 0 Å². The standard InChI is InChI=1S/C12H18O4/c1-12(2,14)4-5-16-11-7-9(13)6-10(8-11)15-3/h6-8,13-14H,4-5H2,1-3H3. The van der Waals surface area contributed by atoms with Gasteiger partial charge in [-0.1, -0.05) is 0 Å². The molecule has 4 heteroatoms. The van der Waals surface area contributed by atoms with Crippen LogP contribution in [0.2, 0.25) is 0 Å². The van der Waals surface area contributed by atoms with E-state index in [-0.39, 0.29) is 5.75 Å². The number of benzene rings is 1. The predicted octanol–water partition coefficient (Wildman–Crippen LogP) is 1.94. The van der Waals surface area contributed by atoms with Crippen LogP contribution in [0.15, 0.2) is 18.2 Å². The maximum absolute atomic E-state index is 9.50. The first kappa shape index (κ1) is 12.6. The molecule has 0 aromatic heterocycles. The highest BCUT2D eigenvalue weighted by Gasteiger charge is 2.12. The minimum Gasteiger partial charge on any atom is -0.508 e. The van der Waals surface area contributed by atoms with Gasteiger partial charge in [0.25, 0.3) is 0 Å². The first-order chi connectivity index (χ1) is 7.40. The number of aliphatic hydroxyl groups is 1. The molecule has 1 rings (SSSR count). The summed E-state index contributed by atoms with van der Waals surface area (Å²) in [7, 11) is 1.52. The van der Waals surface area contributed by atoms with E-state index in [1.807, 2.05) is 0 Å². The molecule has 0 aliphatic carbocycles. The Morgan fingerprint density at radius 2 is 1.81 bits per heavy atom.